The topological polar surface area (TPSA) is 61.8 Å². The van der Waals surface area contributed by atoms with Gasteiger partial charge in [-0.05, 0) is 17.7 Å². The third-order valence-corrected chi connectivity index (χ3v) is 3.59. The van der Waals surface area contributed by atoms with Gasteiger partial charge >= 0.3 is 0 Å². The maximum Gasteiger partial charge on any atom is 0.203 e. The van der Waals surface area contributed by atoms with Crippen LogP contribution in [0, 0.1) is 0 Å². The summed E-state index contributed by atoms with van der Waals surface area (Å²) in [5.74, 6) is 1.54. The van der Waals surface area contributed by atoms with Crippen molar-refractivity contribution < 1.29 is 22.6 Å². The summed E-state index contributed by atoms with van der Waals surface area (Å²) in [6, 6.07) is 3.45. The highest BCUT2D eigenvalue weighted by Gasteiger charge is 2.14. The zero-order valence-electron chi connectivity index (χ0n) is 11.1. The maximum absolute atomic E-state index is 11.1. The molecular weight excluding hydrogens is 292 g/mol. The monoisotopic (exact) mass is 308 g/mol. The summed E-state index contributed by atoms with van der Waals surface area (Å²) in [5, 5.41) is 0. The van der Waals surface area contributed by atoms with E-state index < -0.39 is 9.84 Å². The van der Waals surface area contributed by atoms with Gasteiger partial charge in [0.25, 0.3) is 0 Å². The van der Waals surface area contributed by atoms with Gasteiger partial charge in [0, 0.05) is 12.1 Å². The van der Waals surface area contributed by atoms with Gasteiger partial charge in [0.05, 0.1) is 20.0 Å². The van der Waals surface area contributed by atoms with E-state index in [1.54, 1.807) is 12.1 Å². The predicted octanol–water partition coefficient (Wildman–Crippen LogP) is 1.87. The average Bonchev–Trinajstić information content (AvgIpc) is 2.37. The van der Waals surface area contributed by atoms with E-state index in [2.05, 4.69) is 0 Å². The van der Waals surface area contributed by atoms with Crippen LogP contribution in [0.25, 0.3) is 0 Å². The normalized spacial score (nSPS) is 11.2. The number of alkyl halides is 1. The summed E-state index contributed by atoms with van der Waals surface area (Å²) in [4.78, 5) is 0. The second kappa shape index (κ2) is 6.86. The van der Waals surface area contributed by atoms with Crippen LogP contribution in [0.15, 0.2) is 12.1 Å². The fraction of sp³-hybridized carbons (Fsp3) is 0.500. The Bertz CT molecular complexity index is 502. The van der Waals surface area contributed by atoms with Crippen molar-refractivity contribution in [3.63, 3.8) is 0 Å². The molecule has 0 spiro atoms. The SMILES string of the molecule is COc1cc(CCl)cc(OC)c1OCCS(C)(=O)=O. The van der Waals surface area contributed by atoms with Crippen LogP contribution in [0.1, 0.15) is 5.56 Å². The minimum atomic E-state index is -3.07. The smallest absolute Gasteiger partial charge is 0.203 e. The average molecular weight is 309 g/mol. The van der Waals surface area contributed by atoms with E-state index in [0.717, 1.165) is 11.8 Å². The molecule has 19 heavy (non-hydrogen) atoms. The lowest BCUT2D eigenvalue weighted by Gasteiger charge is -2.15. The molecular formula is C12H17ClO5S. The largest absolute Gasteiger partial charge is 0.493 e. The van der Waals surface area contributed by atoms with Gasteiger partial charge in [0.1, 0.15) is 6.61 Å². The number of sulfone groups is 1. The number of benzene rings is 1. The van der Waals surface area contributed by atoms with Crippen molar-refractivity contribution >= 4 is 21.4 Å². The Morgan fingerprint density at radius 1 is 1.16 bits per heavy atom. The predicted molar refractivity (Wildman–Crippen MR) is 74.3 cm³/mol. The number of ether oxygens (including phenoxy) is 3. The number of hydrogen-bond donors (Lipinski definition) is 0. The molecule has 0 aliphatic rings. The molecule has 0 aliphatic carbocycles. The van der Waals surface area contributed by atoms with Crippen molar-refractivity contribution in [3.05, 3.63) is 17.7 Å². The van der Waals surface area contributed by atoms with Crippen LogP contribution in [-0.4, -0.2) is 41.3 Å². The van der Waals surface area contributed by atoms with Gasteiger partial charge in [-0.15, -0.1) is 11.6 Å². The Morgan fingerprint density at radius 3 is 2.05 bits per heavy atom. The molecule has 0 unspecified atom stereocenters. The Labute approximate surface area is 118 Å². The van der Waals surface area contributed by atoms with Crippen LogP contribution in [-0.2, 0) is 15.7 Å². The Morgan fingerprint density at radius 2 is 1.68 bits per heavy atom. The molecule has 0 saturated carbocycles. The molecule has 0 N–H and O–H groups in total. The van der Waals surface area contributed by atoms with E-state index in [9.17, 15) is 8.42 Å². The molecule has 1 aromatic carbocycles. The summed E-state index contributed by atoms with van der Waals surface area (Å²) >= 11 is 5.77. The molecule has 0 amide bonds. The van der Waals surface area contributed by atoms with Gasteiger partial charge in [-0.25, -0.2) is 8.42 Å². The zero-order chi connectivity index (χ0) is 14.5. The van der Waals surface area contributed by atoms with E-state index in [-0.39, 0.29) is 12.4 Å². The van der Waals surface area contributed by atoms with Crippen LogP contribution >= 0.6 is 11.6 Å². The lowest BCUT2D eigenvalue weighted by Crippen LogP contribution is -2.13. The molecule has 5 nitrogen and oxygen atoms in total. The molecule has 0 fully saturated rings. The first-order valence-corrected chi connectivity index (χ1v) is 8.12. The molecule has 108 valence electrons. The quantitative estimate of drug-likeness (QED) is 0.720. The minimum absolute atomic E-state index is 0.0335. The highest BCUT2D eigenvalue weighted by Crippen LogP contribution is 2.38. The van der Waals surface area contributed by atoms with Crippen molar-refractivity contribution in [3.8, 4) is 17.2 Å². The van der Waals surface area contributed by atoms with Gasteiger partial charge in [-0.1, -0.05) is 0 Å². The lowest BCUT2D eigenvalue weighted by atomic mass is 10.2. The van der Waals surface area contributed by atoms with Gasteiger partial charge in [0.15, 0.2) is 21.3 Å². The van der Waals surface area contributed by atoms with Gasteiger partial charge < -0.3 is 14.2 Å². The summed E-state index contributed by atoms with van der Waals surface area (Å²) in [5.41, 5.74) is 0.825. The Kier molecular flexibility index (Phi) is 5.75. The van der Waals surface area contributed by atoms with Crippen LogP contribution in [0.4, 0.5) is 0 Å². The summed E-state index contributed by atoms with van der Waals surface area (Å²) in [6.07, 6.45) is 1.15. The fourth-order valence-corrected chi connectivity index (χ4v) is 1.99. The Hall–Kier alpha value is -1.14. The van der Waals surface area contributed by atoms with Crippen molar-refractivity contribution in [1.82, 2.24) is 0 Å². The van der Waals surface area contributed by atoms with Gasteiger partial charge in [0.2, 0.25) is 5.75 Å². The third-order valence-electron chi connectivity index (χ3n) is 2.38. The molecule has 0 heterocycles. The first-order chi connectivity index (χ1) is 8.91. The molecule has 0 radical (unpaired) electrons. The molecule has 0 aliphatic heterocycles. The minimum Gasteiger partial charge on any atom is -0.493 e. The van der Waals surface area contributed by atoms with Crippen molar-refractivity contribution in [2.24, 2.45) is 0 Å². The maximum atomic E-state index is 11.1. The Balaban J connectivity index is 2.97. The number of halogens is 1. The first kappa shape index (κ1) is 15.9. The highest BCUT2D eigenvalue weighted by atomic mass is 35.5. The summed E-state index contributed by atoms with van der Waals surface area (Å²) in [7, 11) is -0.0815. The summed E-state index contributed by atoms with van der Waals surface area (Å²) < 4.78 is 38.0. The lowest BCUT2D eigenvalue weighted by molar-refractivity contribution is 0.289. The molecule has 7 heteroatoms. The van der Waals surface area contributed by atoms with Crippen LogP contribution in [0.3, 0.4) is 0 Å². The van der Waals surface area contributed by atoms with Crippen molar-refractivity contribution in [2.75, 3.05) is 32.8 Å². The third kappa shape index (κ3) is 4.80. The van der Waals surface area contributed by atoms with E-state index in [4.69, 9.17) is 25.8 Å². The van der Waals surface area contributed by atoms with E-state index in [0.29, 0.717) is 23.1 Å². The summed E-state index contributed by atoms with van der Waals surface area (Å²) in [6.45, 7) is 0.0335. The van der Waals surface area contributed by atoms with E-state index in [1.165, 1.54) is 14.2 Å². The standard InChI is InChI=1S/C12H17ClO5S/c1-16-10-6-9(8-13)7-11(17-2)12(10)18-4-5-19(3,14)15/h6-7H,4-5,8H2,1-3H3. The fourth-order valence-electron chi connectivity index (χ4n) is 1.45. The molecule has 0 saturated heterocycles. The second-order valence-corrected chi connectivity index (χ2v) is 6.47. The number of hydrogen-bond acceptors (Lipinski definition) is 5. The van der Waals surface area contributed by atoms with Gasteiger partial charge in [-0.2, -0.15) is 0 Å². The molecule has 1 aromatic rings. The molecule has 0 aromatic heterocycles. The van der Waals surface area contributed by atoms with Crippen LogP contribution < -0.4 is 14.2 Å². The highest BCUT2D eigenvalue weighted by molar-refractivity contribution is 7.90. The van der Waals surface area contributed by atoms with Crippen LogP contribution in [0.2, 0.25) is 0 Å². The number of methoxy groups -OCH3 is 2. The molecule has 0 bridgehead atoms. The number of rotatable bonds is 7. The molecule has 0 atom stereocenters. The van der Waals surface area contributed by atoms with E-state index in [1.807, 2.05) is 0 Å². The van der Waals surface area contributed by atoms with Crippen molar-refractivity contribution in [2.45, 2.75) is 5.88 Å². The first-order valence-electron chi connectivity index (χ1n) is 5.52. The van der Waals surface area contributed by atoms with E-state index >= 15 is 0 Å². The van der Waals surface area contributed by atoms with Crippen molar-refractivity contribution in [1.29, 1.82) is 0 Å². The second-order valence-electron chi connectivity index (χ2n) is 3.94. The van der Waals surface area contributed by atoms with Crippen LogP contribution in [0.5, 0.6) is 17.2 Å². The molecule has 1 rings (SSSR count). The van der Waals surface area contributed by atoms with Gasteiger partial charge in [-0.3, -0.25) is 0 Å². The zero-order valence-corrected chi connectivity index (χ0v) is 12.7.